The lowest BCUT2D eigenvalue weighted by molar-refractivity contribution is 0.237. The average Bonchev–Trinajstić information content (AvgIpc) is 2.47. The van der Waals surface area contributed by atoms with Crippen LogP contribution in [0.2, 0.25) is 5.02 Å². The van der Waals surface area contributed by atoms with E-state index in [9.17, 15) is 4.79 Å². The third-order valence-corrected chi connectivity index (χ3v) is 3.13. The Labute approximate surface area is 123 Å². The molecule has 0 fully saturated rings. The number of halogens is 1. The van der Waals surface area contributed by atoms with Crippen LogP contribution < -0.4 is 10.6 Å². The molecule has 0 saturated heterocycles. The van der Waals surface area contributed by atoms with Crippen molar-refractivity contribution in [2.45, 2.75) is 19.5 Å². The second kappa shape index (κ2) is 6.91. The fourth-order valence-electron chi connectivity index (χ4n) is 1.76. The van der Waals surface area contributed by atoms with Crippen LogP contribution in [-0.2, 0) is 6.54 Å². The van der Waals surface area contributed by atoms with E-state index in [1.165, 1.54) is 0 Å². The molecule has 0 aliphatic rings. The van der Waals surface area contributed by atoms with E-state index in [0.717, 1.165) is 11.3 Å². The number of aromatic nitrogens is 1. The number of amides is 2. The van der Waals surface area contributed by atoms with Crippen molar-refractivity contribution >= 4 is 17.6 Å². The lowest BCUT2D eigenvalue weighted by Gasteiger charge is -2.15. The van der Waals surface area contributed by atoms with Gasteiger partial charge in [-0.3, -0.25) is 4.98 Å². The second-order valence-corrected chi connectivity index (χ2v) is 4.86. The maximum atomic E-state index is 11.8. The van der Waals surface area contributed by atoms with Gasteiger partial charge in [0.2, 0.25) is 0 Å². The summed E-state index contributed by atoms with van der Waals surface area (Å²) in [6.07, 6.45) is 1.70. The Morgan fingerprint density at radius 2 is 2.00 bits per heavy atom. The molecular weight excluding hydrogens is 274 g/mol. The molecule has 2 aromatic rings. The molecule has 104 valence electrons. The molecule has 2 N–H and O–H groups in total. The monoisotopic (exact) mass is 289 g/mol. The first-order chi connectivity index (χ1) is 9.65. The number of hydrogen-bond acceptors (Lipinski definition) is 2. The molecule has 1 heterocycles. The Balaban J connectivity index is 1.83. The number of carbonyl (C=O) groups excluding carboxylic acids is 1. The van der Waals surface area contributed by atoms with Crippen molar-refractivity contribution in [3.8, 4) is 0 Å². The van der Waals surface area contributed by atoms with Crippen molar-refractivity contribution in [2.75, 3.05) is 0 Å². The quantitative estimate of drug-likeness (QED) is 0.907. The standard InChI is InChI=1S/C15H16ClN3O/c1-11(12-5-7-13(16)8-6-12)19-15(20)18-10-14-4-2-3-9-17-14/h2-9,11H,10H2,1H3,(H2,18,19,20). The van der Waals surface area contributed by atoms with Crippen molar-refractivity contribution in [2.24, 2.45) is 0 Å². The molecule has 0 aliphatic heterocycles. The summed E-state index contributed by atoms with van der Waals surface area (Å²) in [5, 5.41) is 6.32. The number of nitrogens with one attached hydrogen (secondary N) is 2. The van der Waals surface area contributed by atoms with Gasteiger partial charge in [-0.2, -0.15) is 0 Å². The first-order valence-corrected chi connectivity index (χ1v) is 6.72. The van der Waals surface area contributed by atoms with Crippen LogP contribution >= 0.6 is 11.6 Å². The second-order valence-electron chi connectivity index (χ2n) is 4.42. The number of benzene rings is 1. The van der Waals surface area contributed by atoms with Crippen molar-refractivity contribution in [1.29, 1.82) is 0 Å². The topological polar surface area (TPSA) is 54.0 Å². The fraction of sp³-hybridized carbons (Fsp3) is 0.200. The minimum atomic E-state index is -0.224. The van der Waals surface area contributed by atoms with Gasteiger partial charge in [0.1, 0.15) is 0 Å². The summed E-state index contributed by atoms with van der Waals surface area (Å²) in [6.45, 7) is 2.32. The maximum Gasteiger partial charge on any atom is 0.315 e. The summed E-state index contributed by atoms with van der Waals surface area (Å²) in [5.74, 6) is 0. The molecule has 1 aromatic heterocycles. The predicted molar refractivity (Wildman–Crippen MR) is 79.5 cm³/mol. The normalized spacial score (nSPS) is 11.7. The summed E-state index contributed by atoms with van der Waals surface area (Å²) in [7, 11) is 0. The smallest absolute Gasteiger partial charge is 0.315 e. The molecule has 5 heteroatoms. The predicted octanol–water partition coefficient (Wildman–Crippen LogP) is 3.30. The van der Waals surface area contributed by atoms with Gasteiger partial charge in [0.05, 0.1) is 18.3 Å². The van der Waals surface area contributed by atoms with Gasteiger partial charge < -0.3 is 10.6 Å². The molecule has 0 radical (unpaired) electrons. The van der Waals surface area contributed by atoms with E-state index in [1.54, 1.807) is 18.3 Å². The van der Waals surface area contributed by atoms with E-state index in [1.807, 2.05) is 37.3 Å². The zero-order valence-corrected chi connectivity index (χ0v) is 11.9. The summed E-state index contributed by atoms with van der Waals surface area (Å²) >= 11 is 5.83. The molecule has 0 spiro atoms. The van der Waals surface area contributed by atoms with Crippen molar-refractivity contribution < 1.29 is 4.79 Å². The molecule has 0 saturated carbocycles. The molecule has 1 atom stereocenters. The fourth-order valence-corrected chi connectivity index (χ4v) is 1.88. The first kappa shape index (κ1) is 14.3. The number of rotatable bonds is 4. The van der Waals surface area contributed by atoms with E-state index in [-0.39, 0.29) is 12.1 Å². The number of carbonyl (C=O) groups is 1. The van der Waals surface area contributed by atoms with Crippen LogP contribution in [0.1, 0.15) is 24.2 Å². The van der Waals surface area contributed by atoms with Crippen molar-refractivity contribution in [3.05, 3.63) is 64.9 Å². The zero-order valence-electron chi connectivity index (χ0n) is 11.1. The van der Waals surface area contributed by atoms with Crippen LogP contribution in [0.3, 0.4) is 0 Å². The minimum Gasteiger partial charge on any atom is -0.332 e. The molecule has 0 aliphatic carbocycles. The summed E-state index contributed by atoms with van der Waals surface area (Å²) in [5.41, 5.74) is 1.82. The van der Waals surface area contributed by atoms with Gasteiger partial charge in [0.25, 0.3) is 0 Å². The Morgan fingerprint density at radius 3 is 2.65 bits per heavy atom. The highest BCUT2D eigenvalue weighted by molar-refractivity contribution is 6.30. The molecule has 1 aromatic carbocycles. The average molecular weight is 290 g/mol. The van der Waals surface area contributed by atoms with E-state index >= 15 is 0 Å². The van der Waals surface area contributed by atoms with Gasteiger partial charge in [-0.05, 0) is 36.8 Å². The number of pyridine rings is 1. The van der Waals surface area contributed by atoms with Gasteiger partial charge in [-0.25, -0.2) is 4.79 Å². The number of hydrogen-bond donors (Lipinski definition) is 2. The van der Waals surface area contributed by atoms with Gasteiger partial charge in [0, 0.05) is 11.2 Å². The van der Waals surface area contributed by atoms with Crippen LogP contribution in [0.15, 0.2) is 48.7 Å². The summed E-state index contributed by atoms with van der Waals surface area (Å²) in [4.78, 5) is 15.9. The highest BCUT2D eigenvalue weighted by Crippen LogP contribution is 2.15. The first-order valence-electron chi connectivity index (χ1n) is 6.35. The number of nitrogens with zero attached hydrogens (tertiary/aromatic N) is 1. The van der Waals surface area contributed by atoms with E-state index in [4.69, 9.17) is 11.6 Å². The Morgan fingerprint density at radius 1 is 1.25 bits per heavy atom. The van der Waals surface area contributed by atoms with E-state index in [2.05, 4.69) is 15.6 Å². The molecule has 20 heavy (non-hydrogen) atoms. The van der Waals surface area contributed by atoms with Crippen LogP contribution in [-0.4, -0.2) is 11.0 Å². The molecule has 2 rings (SSSR count). The van der Waals surface area contributed by atoms with Gasteiger partial charge in [-0.15, -0.1) is 0 Å². The highest BCUT2D eigenvalue weighted by atomic mass is 35.5. The van der Waals surface area contributed by atoms with Crippen LogP contribution in [0.4, 0.5) is 4.79 Å². The SMILES string of the molecule is CC(NC(=O)NCc1ccccn1)c1ccc(Cl)cc1. The minimum absolute atomic E-state index is 0.0870. The summed E-state index contributed by atoms with van der Waals surface area (Å²) in [6, 6.07) is 12.7. The van der Waals surface area contributed by atoms with Crippen LogP contribution in [0.5, 0.6) is 0 Å². The summed E-state index contributed by atoms with van der Waals surface area (Å²) < 4.78 is 0. The van der Waals surface area contributed by atoms with Crippen LogP contribution in [0, 0.1) is 0 Å². The molecular formula is C15H16ClN3O. The van der Waals surface area contributed by atoms with E-state index < -0.39 is 0 Å². The van der Waals surface area contributed by atoms with E-state index in [0.29, 0.717) is 11.6 Å². The third-order valence-electron chi connectivity index (χ3n) is 2.87. The van der Waals surface area contributed by atoms with Gasteiger partial charge >= 0.3 is 6.03 Å². The lowest BCUT2D eigenvalue weighted by Crippen LogP contribution is -2.36. The van der Waals surface area contributed by atoms with Gasteiger partial charge in [-0.1, -0.05) is 29.8 Å². The van der Waals surface area contributed by atoms with Crippen molar-refractivity contribution in [1.82, 2.24) is 15.6 Å². The Hall–Kier alpha value is -2.07. The molecule has 1 unspecified atom stereocenters. The Kier molecular flexibility index (Phi) is 4.96. The zero-order chi connectivity index (χ0) is 14.4. The third kappa shape index (κ3) is 4.24. The lowest BCUT2D eigenvalue weighted by atomic mass is 10.1. The number of urea groups is 1. The molecule has 2 amide bonds. The maximum absolute atomic E-state index is 11.8. The Bertz CT molecular complexity index is 557. The highest BCUT2D eigenvalue weighted by Gasteiger charge is 2.09. The van der Waals surface area contributed by atoms with Crippen LogP contribution in [0.25, 0.3) is 0 Å². The van der Waals surface area contributed by atoms with Crippen molar-refractivity contribution in [3.63, 3.8) is 0 Å². The molecule has 4 nitrogen and oxygen atoms in total. The van der Waals surface area contributed by atoms with Gasteiger partial charge in [0.15, 0.2) is 0 Å². The largest absolute Gasteiger partial charge is 0.332 e. The molecule has 0 bridgehead atoms.